The summed E-state index contributed by atoms with van der Waals surface area (Å²) in [5, 5.41) is 13.6. The van der Waals surface area contributed by atoms with Crippen LogP contribution in [0.5, 0.6) is 0 Å². The summed E-state index contributed by atoms with van der Waals surface area (Å²) in [4.78, 5) is 16.5. The summed E-state index contributed by atoms with van der Waals surface area (Å²) in [6.45, 7) is 0.211. The molecule has 1 heterocycles. The maximum atomic E-state index is 10.8. The van der Waals surface area contributed by atoms with Gasteiger partial charge in [0.15, 0.2) is 5.82 Å². The van der Waals surface area contributed by atoms with Gasteiger partial charge in [-0.25, -0.2) is 10.3 Å². The molecule has 0 saturated carbocycles. The highest BCUT2D eigenvalue weighted by Crippen LogP contribution is 1.82. The molecule has 1 aromatic rings. The predicted molar refractivity (Wildman–Crippen MR) is 41.2 cm³/mol. The molecule has 0 aliphatic heterocycles. The highest BCUT2D eigenvalue weighted by molar-refractivity contribution is 5.72. The Morgan fingerprint density at radius 1 is 1.69 bits per heavy atom. The van der Waals surface area contributed by atoms with Crippen LogP contribution < -0.4 is 10.8 Å². The monoisotopic (exact) mass is 186 g/mol. The van der Waals surface area contributed by atoms with Crippen LogP contribution in [-0.2, 0) is 18.4 Å². The lowest BCUT2D eigenvalue weighted by molar-refractivity contribution is 0.107. The zero-order valence-corrected chi connectivity index (χ0v) is 7.31. The smallest absolute Gasteiger partial charge is 0.329 e. The summed E-state index contributed by atoms with van der Waals surface area (Å²) < 4.78 is 0. The molecule has 0 aliphatic carbocycles. The molecular weight excluding hydrogens is 176 g/mol. The van der Waals surface area contributed by atoms with Gasteiger partial charge in [0.1, 0.15) is 0 Å². The van der Waals surface area contributed by atoms with Crippen molar-refractivity contribution < 1.29 is 9.63 Å². The number of nitrogens with one attached hydrogen (secondary N) is 2. The van der Waals surface area contributed by atoms with Crippen LogP contribution in [-0.4, -0.2) is 33.3 Å². The number of hydrogen-bond acceptors (Lipinski definition) is 5. The van der Waals surface area contributed by atoms with Gasteiger partial charge in [0.25, 0.3) is 0 Å². The Morgan fingerprint density at radius 2 is 2.46 bits per heavy atom. The highest BCUT2D eigenvalue weighted by atomic mass is 16.6. The van der Waals surface area contributed by atoms with Crippen molar-refractivity contribution in [3.05, 3.63) is 5.82 Å². The van der Waals surface area contributed by atoms with E-state index in [9.17, 15) is 4.79 Å². The largest absolute Gasteiger partial charge is 0.339 e. The molecule has 0 unspecified atom stereocenters. The van der Waals surface area contributed by atoms with Crippen LogP contribution in [0.2, 0.25) is 0 Å². The van der Waals surface area contributed by atoms with Gasteiger partial charge in [-0.15, -0.1) is 10.2 Å². The third kappa shape index (κ3) is 3.03. The lowest BCUT2D eigenvalue weighted by Crippen LogP contribution is -2.34. The van der Waals surface area contributed by atoms with E-state index in [-0.39, 0.29) is 6.54 Å². The molecule has 0 radical (unpaired) electrons. The zero-order valence-electron chi connectivity index (χ0n) is 7.31. The van der Waals surface area contributed by atoms with Gasteiger partial charge in [0.2, 0.25) is 0 Å². The third-order valence-corrected chi connectivity index (χ3v) is 1.15. The Kier molecular flexibility index (Phi) is 3.15. The first kappa shape index (κ1) is 9.39. The van der Waals surface area contributed by atoms with Crippen molar-refractivity contribution in [2.75, 3.05) is 7.11 Å². The van der Waals surface area contributed by atoms with Crippen LogP contribution in [0, 0.1) is 0 Å². The number of aryl methyl sites for hydroxylation is 1. The van der Waals surface area contributed by atoms with E-state index < -0.39 is 6.03 Å². The lowest BCUT2D eigenvalue weighted by Gasteiger charge is -2.01. The van der Waals surface area contributed by atoms with Gasteiger partial charge in [-0.05, 0) is 5.21 Å². The second-order valence-electron chi connectivity index (χ2n) is 2.18. The average Bonchev–Trinajstić information content (AvgIpc) is 2.49. The fourth-order valence-corrected chi connectivity index (χ4v) is 0.682. The Morgan fingerprint density at radius 3 is 3.00 bits per heavy atom. The number of urea groups is 1. The van der Waals surface area contributed by atoms with E-state index in [1.54, 1.807) is 7.05 Å². The van der Waals surface area contributed by atoms with Crippen LogP contribution in [0.3, 0.4) is 0 Å². The van der Waals surface area contributed by atoms with Crippen molar-refractivity contribution in [1.82, 2.24) is 31.0 Å². The summed E-state index contributed by atoms with van der Waals surface area (Å²) in [7, 11) is 2.99. The normalized spacial score (nSPS) is 9.69. The van der Waals surface area contributed by atoms with Crippen LogP contribution in [0.4, 0.5) is 4.79 Å². The lowest BCUT2D eigenvalue weighted by atomic mass is 10.6. The van der Waals surface area contributed by atoms with E-state index >= 15 is 0 Å². The van der Waals surface area contributed by atoms with E-state index in [1.165, 1.54) is 11.9 Å². The first-order valence-electron chi connectivity index (χ1n) is 3.52. The van der Waals surface area contributed by atoms with Crippen molar-refractivity contribution in [2.45, 2.75) is 6.54 Å². The van der Waals surface area contributed by atoms with E-state index in [0.29, 0.717) is 5.82 Å². The van der Waals surface area contributed by atoms with Crippen molar-refractivity contribution in [2.24, 2.45) is 7.05 Å². The molecule has 2 N–H and O–H groups in total. The van der Waals surface area contributed by atoms with Crippen LogP contribution in [0.25, 0.3) is 0 Å². The van der Waals surface area contributed by atoms with E-state index in [1.807, 2.05) is 0 Å². The van der Waals surface area contributed by atoms with Gasteiger partial charge in [0, 0.05) is 0 Å². The fraction of sp³-hybridized carbons (Fsp3) is 0.600. The molecule has 8 heteroatoms. The minimum Gasteiger partial charge on any atom is -0.329 e. The third-order valence-electron chi connectivity index (χ3n) is 1.15. The molecule has 0 aliphatic rings. The Balaban J connectivity index is 2.30. The molecule has 13 heavy (non-hydrogen) atoms. The number of rotatable bonds is 3. The molecule has 72 valence electrons. The van der Waals surface area contributed by atoms with Crippen LogP contribution in [0.15, 0.2) is 0 Å². The molecule has 1 rings (SSSR count). The number of carbonyl (C=O) groups is 1. The van der Waals surface area contributed by atoms with Gasteiger partial charge < -0.3 is 5.32 Å². The molecule has 0 fully saturated rings. The Bertz CT molecular complexity index is 284. The Hall–Kier alpha value is -1.70. The van der Waals surface area contributed by atoms with Gasteiger partial charge in [-0.3, -0.25) is 4.84 Å². The van der Waals surface area contributed by atoms with E-state index in [0.717, 1.165) is 0 Å². The summed E-state index contributed by atoms with van der Waals surface area (Å²) in [6, 6.07) is -0.449. The molecule has 0 atom stereocenters. The number of tetrazole rings is 1. The van der Waals surface area contributed by atoms with Crippen molar-refractivity contribution >= 4 is 6.03 Å². The molecule has 1 aromatic heterocycles. The summed E-state index contributed by atoms with van der Waals surface area (Å²) in [5.41, 5.74) is 2.09. The second kappa shape index (κ2) is 4.36. The second-order valence-corrected chi connectivity index (χ2v) is 2.18. The first-order valence-corrected chi connectivity index (χ1v) is 3.52. The summed E-state index contributed by atoms with van der Waals surface area (Å²) in [6.07, 6.45) is 0. The molecule has 0 saturated heterocycles. The first-order chi connectivity index (χ1) is 6.22. The van der Waals surface area contributed by atoms with Gasteiger partial charge in [-0.2, -0.15) is 4.80 Å². The molecule has 2 amide bonds. The molecular formula is C5H10N6O2. The quantitative estimate of drug-likeness (QED) is 0.564. The van der Waals surface area contributed by atoms with Crippen LogP contribution >= 0.6 is 0 Å². The maximum absolute atomic E-state index is 10.8. The number of hydroxylamine groups is 1. The molecule has 0 bridgehead atoms. The van der Waals surface area contributed by atoms with Crippen molar-refractivity contribution in [1.29, 1.82) is 0 Å². The van der Waals surface area contributed by atoms with Gasteiger partial charge >= 0.3 is 6.03 Å². The topological polar surface area (TPSA) is 94.0 Å². The fourth-order valence-electron chi connectivity index (χ4n) is 0.682. The number of carbonyl (C=O) groups excluding carboxylic acids is 1. The standard InChI is InChI=1S/C5H10N6O2/c1-11-8-4(7-10-11)3-6-5(12)9-13-2/h3H2,1-2H3,(H2,6,9,12). The summed E-state index contributed by atoms with van der Waals surface area (Å²) in [5.74, 6) is 0.439. The highest BCUT2D eigenvalue weighted by Gasteiger charge is 2.02. The Labute approximate surface area is 74.2 Å². The van der Waals surface area contributed by atoms with Gasteiger partial charge in [-0.1, -0.05) is 0 Å². The average molecular weight is 186 g/mol. The van der Waals surface area contributed by atoms with Crippen molar-refractivity contribution in [3.63, 3.8) is 0 Å². The number of amides is 2. The minimum absolute atomic E-state index is 0.211. The summed E-state index contributed by atoms with van der Waals surface area (Å²) >= 11 is 0. The minimum atomic E-state index is -0.449. The number of nitrogens with zero attached hydrogens (tertiary/aromatic N) is 4. The molecule has 0 aromatic carbocycles. The van der Waals surface area contributed by atoms with Gasteiger partial charge in [0.05, 0.1) is 20.7 Å². The SMILES string of the molecule is CONC(=O)NCc1nnn(C)n1. The number of hydrogen-bond donors (Lipinski definition) is 2. The van der Waals surface area contributed by atoms with Crippen molar-refractivity contribution in [3.8, 4) is 0 Å². The zero-order chi connectivity index (χ0) is 9.68. The van der Waals surface area contributed by atoms with Crippen LogP contribution in [0.1, 0.15) is 5.82 Å². The molecule has 0 spiro atoms. The number of aromatic nitrogens is 4. The predicted octanol–water partition coefficient (Wildman–Crippen LogP) is -1.43. The van der Waals surface area contributed by atoms with E-state index in [2.05, 4.69) is 31.0 Å². The molecule has 8 nitrogen and oxygen atoms in total. The van der Waals surface area contributed by atoms with E-state index in [4.69, 9.17) is 0 Å². The maximum Gasteiger partial charge on any atom is 0.339 e.